The number of nitrogens with zero attached hydrogens (tertiary/aromatic N) is 3. The Bertz CT molecular complexity index is 812. The largest absolute Gasteiger partial charge is 0.442 e. The summed E-state index contributed by atoms with van der Waals surface area (Å²) in [7, 11) is 0. The molecule has 3 saturated heterocycles. The van der Waals surface area contributed by atoms with Crippen molar-refractivity contribution in [1.82, 2.24) is 10.2 Å². The fourth-order valence-electron chi connectivity index (χ4n) is 4.82. The molecule has 0 spiro atoms. The van der Waals surface area contributed by atoms with Gasteiger partial charge in [0.05, 0.1) is 24.5 Å². The van der Waals surface area contributed by atoms with Crippen LogP contribution >= 0.6 is 11.8 Å². The number of cyclic esters (lactones) is 1. The summed E-state index contributed by atoms with van der Waals surface area (Å²) in [6.07, 6.45) is -0.949. The molecule has 3 heterocycles. The molecular formula is C22H31FN4O3S. The number of anilines is 2. The van der Waals surface area contributed by atoms with E-state index in [4.69, 9.17) is 4.74 Å². The fraction of sp³-hybridized carbons (Fsp3) is 0.636. The predicted molar refractivity (Wildman–Crippen MR) is 121 cm³/mol. The van der Waals surface area contributed by atoms with Crippen LogP contribution < -0.4 is 15.1 Å². The lowest BCUT2D eigenvalue weighted by Gasteiger charge is -2.24. The van der Waals surface area contributed by atoms with Crippen LogP contribution in [-0.4, -0.2) is 80.3 Å². The average molecular weight is 451 g/mol. The van der Waals surface area contributed by atoms with E-state index in [-0.39, 0.29) is 24.8 Å². The lowest BCUT2D eigenvalue weighted by Crippen LogP contribution is -2.33. The molecule has 2 amide bonds. The topological polar surface area (TPSA) is 65.1 Å². The van der Waals surface area contributed by atoms with Crippen LogP contribution in [0, 0.1) is 17.7 Å². The lowest BCUT2D eigenvalue weighted by atomic mass is 10.0. The Morgan fingerprint density at radius 3 is 2.61 bits per heavy atom. The van der Waals surface area contributed by atoms with Crippen LogP contribution in [0.3, 0.4) is 0 Å². The Morgan fingerprint density at radius 1 is 1.23 bits per heavy atom. The summed E-state index contributed by atoms with van der Waals surface area (Å²) in [6.45, 7) is 9.24. The standard InChI is InChI=1S/C22H31FN4O3S/c1-3-31-7-6-25-10-16-12-26(13-17(16)11-25)21-5-4-18(8-20(21)23)27-14-19(30-22(27)29)9-24-15(2)28/h4-5,8,16-17,19H,3,6-7,9-14H2,1-2H3,(H,24,28)/t16-,17+,19-/m0/s1. The molecule has 170 valence electrons. The highest BCUT2D eigenvalue weighted by Crippen LogP contribution is 2.36. The van der Waals surface area contributed by atoms with E-state index in [1.165, 1.54) is 23.6 Å². The molecule has 3 aliphatic rings. The molecule has 0 saturated carbocycles. The van der Waals surface area contributed by atoms with Gasteiger partial charge in [0.15, 0.2) is 0 Å². The van der Waals surface area contributed by atoms with Crippen LogP contribution in [0.15, 0.2) is 18.2 Å². The van der Waals surface area contributed by atoms with Crippen molar-refractivity contribution in [2.75, 3.05) is 67.1 Å². The summed E-state index contributed by atoms with van der Waals surface area (Å²) >= 11 is 1.98. The van der Waals surface area contributed by atoms with Gasteiger partial charge in [-0.05, 0) is 35.8 Å². The molecule has 1 aromatic carbocycles. The first-order valence-electron chi connectivity index (χ1n) is 11.0. The number of rotatable bonds is 8. The third-order valence-corrected chi connectivity index (χ3v) is 7.23. The second kappa shape index (κ2) is 9.65. The first-order chi connectivity index (χ1) is 14.9. The van der Waals surface area contributed by atoms with Crippen molar-refractivity contribution in [3.63, 3.8) is 0 Å². The van der Waals surface area contributed by atoms with E-state index in [1.54, 1.807) is 12.1 Å². The van der Waals surface area contributed by atoms with Crippen molar-refractivity contribution >= 4 is 35.1 Å². The van der Waals surface area contributed by atoms with Gasteiger partial charge in [-0.3, -0.25) is 9.69 Å². The first-order valence-corrected chi connectivity index (χ1v) is 12.2. The molecule has 4 rings (SSSR count). The maximum absolute atomic E-state index is 15.0. The minimum Gasteiger partial charge on any atom is -0.442 e. The molecule has 0 radical (unpaired) electrons. The molecule has 0 aliphatic carbocycles. The number of amides is 2. The van der Waals surface area contributed by atoms with Crippen LogP contribution in [-0.2, 0) is 9.53 Å². The summed E-state index contributed by atoms with van der Waals surface area (Å²) in [6, 6.07) is 4.97. The Morgan fingerprint density at radius 2 is 1.97 bits per heavy atom. The molecule has 1 aromatic rings. The molecule has 0 unspecified atom stereocenters. The first kappa shape index (κ1) is 22.2. The normalized spacial score (nSPS) is 25.8. The van der Waals surface area contributed by atoms with Gasteiger partial charge >= 0.3 is 6.09 Å². The van der Waals surface area contributed by atoms with E-state index in [1.807, 2.05) is 11.8 Å². The summed E-state index contributed by atoms with van der Waals surface area (Å²) in [4.78, 5) is 29.4. The molecule has 3 fully saturated rings. The van der Waals surface area contributed by atoms with Crippen molar-refractivity contribution in [1.29, 1.82) is 0 Å². The smallest absolute Gasteiger partial charge is 0.414 e. The third-order valence-electron chi connectivity index (χ3n) is 6.35. The molecule has 3 aliphatic heterocycles. The quantitative estimate of drug-likeness (QED) is 0.614. The number of nitrogens with one attached hydrogen (secondary N) is 1. The minimum atomic E-state index is -0.514. The highest BCUT2D eigenvalue weighted by Gasteiger charge is 2.40. The van der Waals surface area contributed by atoms with E-state index in [0.717, 1.165) is 38.5 Å². The third kappa shape index (κ3) is 5.09. The maximum Gasteiger partial charge on any atom is 0.414 e. The van der Waals surface area contributed by atoms with Gasteiger partial charge in [0, 0.05) is 45.4 Å². The number of fused-ring (bicyclic) bond motifs is 1. The summed E-state index contributed by atoms with van der Waals surface area (Å²) in [5.74, 6) is 3.03. The number of ether oxygens (including phenoxy) is 1. The number of hydrogen-bond donors (Lipinski definition) is 1. The van der Waals surface area contributed by atoms with Crippen LogP contribution in [0.2, 0.25) is 0 Å². The monoisotopic (exact) mass is 450 g/mol. The highest BCUT2D eigenvalue weighted by molar-refractivity contribution is 7.99. The van der Waals surface area contributed by atoms with Crippen molar-refractivity contribution in [3.05, 3.63) is 24.0 Å². The zero-order chi connectivity index (χ0) is 22.0. The zero-order valence-electron chi connectivity index (χ0n) is 18.2. The zero-order valence-corrected chi connectivity index (χ0v) is 19.0. The van der Waals surface area contributed by atoms with E-state index in [2.05, 4.69) is 22.0 Å². The number of likely N-dealkylation sites (tertiary alicyclic amines) is 1. The van der Waals surface area contributed by atoms with Gasteiger partial charge in [0.1, 0.15) is 11.9 Å². The number of carbonyl (C=O) groups is 2. The van der Waals surface area contributed by atoms with Gasteiger partial charge in [-0.2, -0.15) is 11.8 Å². The molecule has 31 heavy (non-hydrogen) atoms. The number of carbonyl (C=O) groups excluding carboxylic acids is 2. The molecule has 3 atom stereocenters. The van der Waals surface area contributed by atoms with Crippen molar-refractivity contribution in [2.45, 2.75) is 20.0 Å². The van der Waals surface area contributed by atoms with Crippen molar-refractivity contribution < 1.29 is 18.7 Å². The van der Waals surface area contributed by atoms with Gasteiger partial charge in [-0.25, -0.2) is 9.18 Å². The lowest BCUT2D eigenvalue weighted by molar-refractivity contribution is -0.119. The Kier molecular flexibility index (Phi) is 6.91. The second-order valence-corrected chi connectivity index (χ2v) is 9.96. The highest BCUT2D eigenvalue weighted by atomic mass is 32.2. The number of halogens is 1. The van der Waals surface area contributed by atoms with Crippen LogP contribution in [0.25, 0.3) is 0 Å². The minimum absolute atomic E-state index is 0.178. The van der Waals surface area contributed by atoms with Crippen molar-refractivity contribution in [3.8, 4) is 0 Å². The summed E-state index contributed by atoms with van der Waals surface area (Å²) in [5, 5.41) is 2.65. The average Bonchev–Trinajstić information content (AvgIpc) is 3.39. The van der Waals surface area contributed by atoms with E-state index in [9.17, 15) is 9.59 Å². The fourth-order valence-corrected chi connectivity index (χ4v) is 5.50. The number of thioether (sulfide) groups is 1. The predicted octanol–water partition coefficient (Wildman–Crippen LogP) is 2.41. The van der Waals surface area contributed by atoms with Gasteiger partial charge in [-0.15, -0.1) is 0 Å². The maximum atomic E-state index is 15.0. The van der Waals surface area contributed by atoms with Crippen LogP contribution in [0.1, 0.15) is 13.8 Å². The van der Waals surface area contributed by atoms with Crippen molar-refractivity contribution in [2.24, 2.45) is 11.8 Å². The molecule has 0 aromatic heterocycles. The molecule has 1 N–H and O–H groups in total. The SMILES string of the molecule is CCSCCN1C[C@@H]2CN(c3ccc(N4C[C@H](CNC(C)=O)OC4=O)cc3F)C[C@@H]2C1. The van der Waals surface area contributed by atoms with Gasteiger partial charge in [0.25, 0.3) is 0 Å². The number of benzene rings is 1. The Balaban J connectivity index is 1.34. The van der Waals surface area contributed by atoms with Gasteiger partial charge < -0.3 is 19.9 Å². The second-order valence-electron chi connectivity index (χ2n) is 8.57. The molecule has 0 bridgehead atoms. The summed E-state index contributed by atoms with van der Waals surface area (Å²) in [5.41, 5.74) is 1.09. The molecular weight excluding hydrogens is 419 g/mol. The van der Waals surface area contributed by atoms with E-state index in [0.29, 0.717) is 23.2 Å². The molecule has 9 heteroatoms. The van der Waals surface area contributed by atoms with E-state index >= 15 is 4.39 Å². The summed E-state index contributed by atoms with van der Waals surface area (Å²) < 4.78 is 20.3. The Hall–Kier alpha value is -2.00. The Labute approximate surface area is 187 Å². The van der Waals surface area contributed by atoms with Crippen LogP contribution in [0.4, 0.5) is 20.6 Å². The van der Waals surface area contributed by atoms with Gasteiger partial charge in [-0.1, -0.05) is 6.92 Å². The van der Waals surface area contributed by atoms with E-state index < -0.39 is 12.2 Å². The number of hydrogen-bond acceptors (Lipinski definition) is 6. The molecule has 7 nitrogen and oxygen atoms in total. The van der Waals surface area contributed by atoms with Gasteiger partial charge in [0.2, 0.25) is 5.91 Å². The van der Waals surface area contributed by atoms with Crippen LogP contribution in [0.5, 0.6) is 0 Å².